The minimum Gasteiger partial charge on any atom is -0.481 e. The molecule has 0 saturated carbocycles. The largest absolute Gasteiger partial charge is 0.481 e. The van der Waals surface area contributed by atoms with Crippen molar-refractivity contribution in [1.29, 1.82) is 0 Å². The zero-order valence-corrected chi connectivity index (χ0v) is 11.7. The van der Waals surface area contributed by atoms with Gasteiger partial charge >= 0.3 is 12.0 Å². The Balaban J connectivity index is 2.38. The lowest BCUT2D eigenvalue weighted by atomic mass is 10.1. The van der Waals surface area contributed by atoms with E-state index in [1.54, 1.807) is 11.8 Å². The minimum atomic E-state index is -0.867. The van der Waals surface area contributed by atoms with Crippen molar-refractivity contribution in [2.75, 3.05) is 26.2 Å². The number of carbonyl (C=O) groups excluding carboxylic acids is 1. The first-order chi connectivity index (χ1) is 9.08. The van der Waals surface area contributed by atoms with Crippen molar-refractivity contribution in [3.05, 3.63) is 0 Å². The van der Waals surface area contributed by atoms with Crippen LogP contribution in [0.3, 0.4) is 0 Å². The van der Waals surface area contributed by atoms with Crippen LogP contribution in [0.15, 0.2) is 0 Å². The van der Waals surface area contributed by atoms with E-state index < -0.39 is 11.9 Å². The zero-order valence-electron chi connectivity index (χ0n) is 11.7. The van der Waals surface area contributed by atoms with E-state index in [4.69, 9.17) is 9.84 Å². The van der Waals surface area contributed by atoms with Gasteiger partial charge < -0.3 is 20.1 Å². The molecule has 2 atom stereocenters. The summed E-state index contributed by atoms with van der Waals surface area (Å²) in [7, 11) is 0. The first-order valence-corrected chi connectivity index (χ1v) is 6.95. The summed E-state index contributed by atoms with van der Waals surface area (Å²) in [6, 6.07) is -0.191. The van der Waals surface area contributed by atoms with Crippen LogP contribution in [0, 0.1) is 5.92 Å². The molecule has 2 unspecified atom stereocenters. The van der Waals surface area contributed by atoms with E-state index in [1.165, 1.54) is 0 Å². The average Bonchev–Trinajstić information content (AvgIpc) is 2.39. The van der Waals surface area contributed by atoms with Crippen molar-refractivity contribution in [2.45, 2.75) is 39.2 Å². The normalized spacial score (nSPS) is 20.9. The van der Waals surface area contributed by atoms with Gasteiger partial charge in [-0.25, -0.2) is 4.79 Å². The van der Waals surface area contributed by atoms with E-state index in [9.17, 15) is 9.59 Å². The van der Waals surface area contributed by atoms with Crippen LogP contribution in [0.1, 0.15) is 33.1 Å². The number of amides is 2. The van der Waals surface area contributed by atoms with E-state index >= 15 is 0 Å². The number of nitrogens with zero attached hydrogens (tertiary/aromatic N) is 1. The molecule has 1 saturated heterocycles. The standard InChI is InChI=1S/C13H24N2O4/c1-3-10(12(16)17)8-14-13(18)15-7-5-6-11(9-15)19-4-2/h10-11H,3-9H2,1-2H3,(H,14,18)(H,16,17). The summed E-state index contributed by atoms with van der Waals surface area (Å²) in [5.74, 6) is -1.38. The molecule has 1 heterocycles. The molecule has 0 aromatic carbocycles. The smallest absolute Gasteiger partial charge is 0.317 e. The lowest BCUT2D eigenvalue weighted by Gasteiger charge is -2.32. The first-order valence-electron chi connectivity index (χ1n) is 6.95. The summed E-state index contributed by atoms with van der Waals surface area (Å²) in [4.78, 5) is 24.5. The van der Waals surface area contributed by atoms with Gasteiger partial charge in [0, 0.05) is 26.2 Å². The van der Waals surface area contributed by atoms with Gasteiger partial charge in [-0.05, 0) is 26.2 Å². The average molecular weight is 272 g/mol. The second-order valence-corrected chi connectivity index (χ2v) is 4.80. The second-order valence-electron chi connectivity index (χ2n) is 4.80. The SMILES string of the molecule is CCOC1CCCN(C(=O)NCC(CC)C(=O)O)C1. The van der Waals surface area contributed by atoms with Gasteiger partial charge in [-0.15, -0.1) is 0 Å². The van der Waals surface area contributed by atoms with E-state index in [0.717, 1.165) is 12.8 Å². The van der Waals surface area contributed by atoms with Crippen LogP contribution in [0.25, 0.3) is 0 Å². The summed E-state index contributed by atoms with van der Waals surface area (Å²) in [6.07, 6.45) is 2.52. The first kappa shape index (κ1) is 15.8. The molecular formula is C13H24N2O4. The maximum atomic E-state index is 12.0. The van der Waals surface area contributed by atoms with Crippen LogP contribution in [-0.2, 0) is 9.53 Å². The number of carbonyl (C=O) groups is 2. The molecule has 19 heavy (non-hydrogen) atoms. The number of carboxylic acid groups (broad SMARTS) is 1. The predicted octanol–water partition coefficient (Wildman–Crippen LogP) is 1.31. The Morgan fingerprint density at radius 3 is 2.79 bits per heavy atom. The van der Waals surface area contributed by atoms with Gasteiger partial charge in [0.05, 0.1) is 12.0 Å². The van der Waals surface area contributed by atoms with Crippen molar-refractivity contribution in [3.63, 3.8) is 0 Å². The highest BCUT2D eigenvalue weighted by Gasteiger charge is 2.24. The van der Waals surface area contributed by atoms with Gasteiger partial charge in [-0.1, -0.05) is 6.92 Å². The number of hydrogen-bond acceptors (Lipinski definition) is 3. The van der Waals surface area contributed by atoms with E-state index in [0.29, 0.717) is 26.1 Å². The zero-order chi connectivity index (χ0) is 14.3. The van der Waals surface area contributed by atoms with Gasteiger partial charge in [0.2, 0.25) is 0 Å². The van der Waals surface area contributed by atoms with Gasteiger partial charge in [0.1, 0.15) is 0 Å². The number of piperidine rings is 1. The summed E-state index contributed by atoms with van der Waals surface area (Å²) in [5, 5.41) is 11.6. The molecule has 6 heteroatoms. The van der Waals surface area contributed by atoms with Crippen LogP contribution in [0.4, 0.5) is 4.79 Å². The molecule has 1 fully saturated rings. The van der Waals surface area contributed by atoms with Crippen LogP contribution < -0.4 is 5.32 Å². The molecule has 1 aliphatic heterocycles. The van der Waals surface area contributed by atoms with Gasteiger partial charge in [-0.3, -0.25) is 4.79 Å². The van der Waals surface area contributed by atoms with E-state index in [2.05, 4.69) is 5.32 Å². The van der Waals surface area contributed by atoms with Crippen molar-refractivity contribution < 1.29 is 19.4 Å². The fourth-order valence-corrected chi connectivity index (χ4v) is 2.22. The Labute approximate surface area is 114 Å². The summed E-state index contributed by atoms with van der Waals surface area (Å²) in [5.41, 5.74) is 0. The maximum Gasteiger partial charge on any atom is 0.317 e. The molecule has 0 aliphatic carbocycles. The Hall–Kier alpha value is -1.30. The highest BCUT2D eigenvalue weighted by Crippen LogP contribution is 2.13. The van der Waals surface area contributed by atoms with Crippen LogP contribution in [0.5, 0.6) is 0 Å². The Morgan fingerprint density at radius 2 is 2.21 bits per heavy atom. The second kappa shape index (κ2) is 7.99. The van der Waals surface area contributed by atoms with Crippen molar-refractivity contribution in [1.82, 2.24) is 10.2 Å². The lowest BCUT2D eigenvalue weighted by Crippen LogP contribution is -2.49. The number of carboxylic acids is 1. The summed E-state index contributed by atoms with van der Waals surface area (Å²) in [6.45, 7) is 5.87. The maximum absolute atomic E-state index is 12.0. The van der Waals surface area contributed by atoms with E-state index in [-0.39, 0.29) is 18.7 Å². The highest BCUT2D eigenvalue weighted by molar-refractivity contribution is 5.76. The Morgan fingerprint density at radius 1 is 1.47 bits per heavy atom. The van der Waals surface area contributed by atoms with Crippen LogP contribution >= 0.6 is 0 Å². The topological polar surface area (TPSA) is 78.9 Å². The van der Waals surface area contributed by atoms with Gasteiger partial charge in [-0.2, -0.15) is 0 Å². The predicted molar refractivity (Wildman–Crippen MR) is 71.0 cm³/mol. The third-order valence-electron chi connectivity index (χ3n) is 3.41. The molecular weight excluding hydrogens is 248 g/mol. The Bertz CT molecular complexity index is 307. The summed E-state index contributed by atoms with van der Waals surface area (Å²) >= 11 is 0. The van der Waals surface area contributed by atoms with E-state index in [1.807, 2.05) is 6.92 Å². The number of likely N-dealkylation sites (tertiary alicyclic amines) is 1. The van der Waals surface area contributed by atoms with Crippen molar-refractivity contribution in [3.8, 4) is 0 Å². The number of hydrogen-bond donors (Lipinski definition) is 2. The number of rotatable bonds is 6. The molecule has 2 N–H and O–H groups in total. The lowest BCUT2D eigenvalue weighted by molar-refractivity contribution is -0.141. The number of aliphatic carboxylic acids is 1. The molecule has 1 rings (SSSR count). The molecule has 0 aromatic rings. The molecule has 1 aliphatic rings. The van der Waals surface area contributed by atoms with Gasteiger partial charge in [0.25, 0.3) is 0 Å². The van der Waals surface area contributed by atoms with Crippen molar-refractivity contribution in [2.24, 2.45) is 5.92 Å². The molecule has 0 radical (unpaired) electrons. The highest BCUT2D eigenvalue weighted by atomic mass is 16.5. The molecule has 0 bridgehead atoms. The third kappa shape index (κ3) is 5.06. The number of ether oxygens (including phenoxy) is 1. The number of nitrogens with one attached hydrogen (secondary N) is 1. The molecule has 0 aromatic heterocycles. The molecule has 2 amide bonds. The molecule has 110 valence electrons. The number of urea groups is 1. The van der Waals surface area contributed by atoms with Crippen LogP contribution in [0.2, 0.25) is 0 Å². The third-order valence-corrected chi connectivity index (χ3v) is 3.41. The summed E-state index contributed by atoms with van der Waals surface area (Å²) < 4.78 is 5.53. The fraction of sp³-hybridized carbons (Fsp3) is 0.846. The van der Waals surface area contributed by atoms with Crippen molar-refractivity contribution >= 4 is 12.0 Å². The fourth-order valence-electron chi connectivity index (χ4n) is 2.22. The minimum absolute atomic E-state index is 0.103. The quantitative estimate of drug-likeness (QED) is 0.764. The van der Waals surface area contributed by atoms with Gasteiger partial charge in [0.15, 0.2) is 0 Å². The van der Waals surface area contributed by atoms with Crippen LogP contribution in [-0.4, -0.2) is 54.4 Å². The molecule has 0 spiro atoms. The molecule has 6 nitrogen and oxygen atoms in total. The monoisotopic (exact) mass is 272 g/mol. The Kier molecular flexibility index (Phi) is 6.62.